The average Bonchev–Trinajstić information content (AvgIpc) is 2.29. The van der Waals surface area contributed by atoms with E-state index in [0.717, 1.165) is 31.2 Å². The molecule has 0 saturated heterocycles. The number of ketones is 1. The van der Waals surface area contributed by atoms with Gasteiger partial charge in [-0.3, -0.25) is 4.79 Å². The van der Waals surface area contributed by atoms with E-state index in [2.05, 4.69) is 19.1 Å². The fourth-order valence-corrected chi connectivity index (χ4v) is 2.61. The van der Waals surface area contributed by atoms with Gasteiger partial charge in [0.1, 0.15) is 5.78 Å². The summed E-state index contributed by atoms with van der Waals surface area (Å²) in [4.78, 5) is 12.1. The molecule has 1 aliphatic rings. The van der Waals surface area contributed by atoms with Crippen molar-refractivity contribution in [2.75, 3.05) is 0 Å². The minimum absolute atomic E-state index is 0.246. The standard InChI is InChI=1S/C15H21NO/c1-11-3-2-4-12(9-11)10-15(17)13-5-7-14(16)8-6-13/h2-4,9,13-14H,5-8,10,16H2,1H3. The van der Waals surface area contributed by atoms with E-state index in [4.69, 9.17) is 5.73 Å². The minimum Gasteiger partial charge on any atom is -0.328 e. The number of hydrogen-bond donors (Lipinski definition) is 1. The van der Waals surface area contributed by atoms with Crippen LogP contribution in [0.25, 0.3) is 0 Å². The average molecular weight is 231 g/mol. The van der Waals surface area contributed by atoms with Crippen molar-refractivity contribution in [2.45, 2.75) is 45.1 Å². The summed E-state index contributed by atoms with van der Waals surface area (Å²) in [6, 6.07) is 8.55. The second-order valence-corrected chi connectivity index (χ2v) is 5.24. The first-order valence-corrected chi connectivity index (χ1v) is 6.49. The molecule has 0 aliphatic heterocycles. The lowest BCUT2D eigenvalue weighted by atomic mass is 9.82. The van der Waals surface area contributed by atoms with Crippen molar-refractivity contribution < 1.29 is 4.79 Å². The Morgan fingerprint density at radius 2 is 2.00 bits per heavy atom. The van der Waals surface area contributed by atoms with Crippen molar-refractivity contribution in [1.82, 2.24) is 0 Å². The van der Waals surface area contributed by atoms with E-state index in [1.807, 2.05) is 12.1 Å². The van der Waals surface area contributed by atoms with E-state index in [0.29, 0.717) is 18.2 Å². The number of hydrogen-bond acceptors (Lipinski definition) is 2. The lowest BCUT2D eigenvalue weighted by Gasteiger charge is -2.25. The number of nitrogens with two attached hydrogens (primary N) is 1. The molecule has 1 fully saturated rings. The fraction of sp³-hybridized carbons (Fsp3) is 0.533. The molecule has 1 aliphatic carbocycles. The molecule has 0 heterocycles. The van der Waals surface area contributed by atoms with Crippen molar-refractivity contribution in [3.05, 3.63) is 35.4 Å². The van der Waals surface area contributed by atoms with Gasteiger partial charge in [-0.05, 0) is 38.2 Å². The molecule has 1 saturated carbocycles. The molecule has 0 atom stereocenters. The maximum absolute atomic E-state index is 12.1. The third-order valence-electron chi connectivity index (χ3n) is 3.69. The summed E-state index contributed by atoms with van der Waals surface area (Å²) < 4.78 is 0. The lowest BCUT2D eigenvalue weighted by molar-refractivity contribution is -0.123. The molecule has 2 N–H and O–H groups in total. The molecule has 0 spiro atoms. The van der Waals surface area contributed by atoms with Gasteiger partial charge < -0.3 is 5.73 Å². The predicted molar refractivity (Wildman–Crippen MR) is 69.8 cm³/mol. The van der Waals surface area contributed by atoms with E-state index in [-0.39, 0.29) is 5.92 Å². The molecule has 0 radical (unpaired) electrons. The van der Waals surface area contributed by atoms with Gasteiger partial charge in [-0.2, -0.15) is 0 Å². The number of benzene rings is 1. The van der Waals surface area contributed by atoms with Gasteiger partial charge in [-0.25, -0.2) is 0 Å². The van der Waals surface area contributed by atoms with Gasteiger partial charge in [0, 0.05) is 18.4 Å². The Labute approximate surface area is 103 Å². The van der Waals surface area contributed by atoms with Crippen LogP contribution in [0.3, 0.4) is 0 Å². The van der Waals surface area contributed by atoms with Crippen LogP contribution in [0.5, 0.6) is 0 Å². The topological polar surface area (TPSA) is 43.1 Å². The smallest absolute Gasteiger partial charge is 0.140 e. The van der Waals surface area contributed by atoms with E-state index in [1.165, 1.54) is 5.56 Å². The summed E-state index contributed by atoms with van der Waals surface area (Å²) in [6.45, 7) is 2.06. The summed E-state index contributed by atoms with van der Waals surface area (Å²) in [7, 11) is 0. The van der Waals surface area contributed by atoms with Gasteiger partial charge in [-0.15, -0.1) is 0 Å². The van der Waals surface area contributed by atoms with Crippen LogP contribution in [0.15, 0.2) is 24.3 Å². The monoisotopic (exact) mass is 231 g/mol. The van der Waals surface area contributed by atoms with Crippen LogP contribution in [0.4, 0.5) is 0 Å². The van der Waals surface area contributed by atoms with Crippen LogP contribution >= 0.6 is 0 Å². The van der Waals surface area contributed by atoms with Crippen LogP contribution in [-0.2, 0) is 11.2 Å². The maximum atomic E-state index is 12.1. The number of rotatable bonds is 3. The predicted octanol–water partition coefficient (Wildman–Crippen LogP) is 2.62. The van der Waals surface area contributed by atoms with Crippen LogP contribution in [0, 0.1) is 12.8 Å². The third kappa shape index (κ3) is 3.40. The Balaban J connectivity index is 1.93. The van der Waals surface area contributed by atoms with Crippen molar-refractivity contribution >= 4 is 5.78 Å². The molecule has 2 rings (SSSR count). The van der Waals surface area contributed by atoms with Crippen molar-refractivity contribution in [1.29, 1.82) is 0 Å². The molecule has 0 aromatic heterocycles. The van der Waals surface area contributed by atoms with Crippen molar-refractivity contribution in [3.63, 3.8) is 0 Å². The Bertz CT molecular complexity index is 392. The molecule has 92 valence electrons. The highest BCUT2D eigenvalue weighted by Gasteiger charge is 2.24. The van der Waals surface area contributed by atoms with Gasteiger partial charge in [0.25, 0.3) is 0 Å². The van der Waals surface area contributed by atoms with E-state index in [9.17, 15) is 4.79 Å². The Morgan fingerprint density at radius 1 is 1.29 bits per heavy atom. The Kier molecular flexibility index (Phi) is 3.95. The molecule has 2 nitrogen and oxygen atoms in total. The molecule has 1 aromatic rings. The largest absolute Gasteiger partial charge is 0.328 e. The second kappa shape index (κ2) is 5.46. The van der Waals surface area contributed by atoms with Gasteiger partial charge in [0.05, 0.1) is 0 Å². The van der Waals surface area contributed by atoms with Crippen molar-refractivity contribution in [3.8, 4) is 0 Å². The zero-order valence-electron chi connectivity index (χ0n) is 10.5. The molecule has 0 unspecified atom stereocenters. The van der Waals surface area contributed by atoms with Crippen LogP contribution in [0.2, 0.25) is 0 Å². The van der Waals surface area contributed by atoms with Gasteiger partial charge in [-0.1, -0.05) is 29.8 Å². The fourth-order valence-electron chi connectivity index (χ4n) is 2.61. The Hall–Kier alpha value is -1.15. The normalized spacial score (nSPS) is 24.6. The first-order chi connectivity index (χ1) is 8.15. The highest BCUT2D eigenvalue weighted by atomic mass is 16.1. The molecular formula is C15H21NO. The number of Topliss-reactive ketones (excluding diaryl/α,β-unsaturated/α-hetero) is 1. The summed E-state index contributed by atoms with van der Waals surface area (Å²) in [6.07, 6.45) is 4.55. The van der Waals surface area contributed by atoms with E-state index < -0.39 is 0 Å². The van der Waals surface area contributed by atoms with E-state index >= 15 is 0 Å². The first-order valence-electron chi connectivity index (χ1n) is 6.49. The van der Waals surface area contributed by atoms with Crippen LogP contribution in [0.1, 0.15) is 36.8 Å². The maximum Gasteiger partial charge on any atom is 0.140 e. The van der Waals surface area contributed by atoms with E-state index in [1.54, 1.807) is 0 Å². The summed E-state index contributed by atoms with van der Waals surface area (Å²) in [5.74, 6) is 0.637. The Morgan fingerprint density at radius 3 is 2.65 bits per heavy atom. The number of carbonyl (C=O) groups excluding carboxylic acids is 1. The zero-order valence-corrected chi connectivity index (χ0v) is 10.5. The SMILES string of the molecule is Cc1cccc(CC(=O)C2CCC(N)CC2)c1. The highest BCUT2D eigenvalue weighted by Crippen LogP contribution is 2.25. The molecule has 1 aromatic carbocycles. The first kappa shape index (κ1) is 12.3. The summed E-state index contributed by atoms with van der Waals surface area (Å²) >= 11 is 0. The van der Waals surface area contributed by atoms with Crippen molar-refractivity contribution in [2.24, 2.45) is 11.7 Å². The summed E-state index contributed by atoms with van der Waals surface area (Å²) in [5.41, 5.74) is 8.22. The second-order valence-electron chi connectivity index (χ2n) is 5.24. The highest BCUT2D eigenvalue weighted by molar-refractivity contribution is 5.83. The quantitative estimate of drug-likeness (QED) is 0.869. The summed E-state index contributed by atoms with van der Waals surface area (Å²) in [5, 5.41) is 0. The zero-order chi connectivity index (χ0) is 12.3. The molecule has 0 bridgehead atoms. The minimum atomic E-state index is 0.246. The van der Waals surface area contributed by atoms with Gasteiger partial charge in [0.15, 0.2) is 0 Å². The molecule has 0 amide bonds. The third-order valence-corrected chi connectivity index (χ3v) is 3.69. The molecule has 2 heteroatoms. The van der Waals surface area contributed by atoms with Crippen LogP contribution < -0.4 is 5.73 Å². The number of carbonyl (C=O) groups is 1. The molecule has 17 heavy (non-hydrogen) atoms. The van der Waals surface area contributed by atoms with Gasteiger partial charge >= 0.3 is 0 Å². The molecular weight excluding hydrogens is 210 g/mol. The number of aryl methyl sites for hydroxylation is 1. The lowest BCUT2D eigenvalue weighted by Crippen LogP contribution is -2.30. The van der Waals surface area contributed by atoms with Crippen LogP contribution in [-0.4, -0.2) is 11.8 Å². The van der Waals surface area contributed by atoms with Gasteiger partial charge in [0.2, 0.25) is 0 Å².